The van der Waals surface area contributed by atoms with E-state index >= 15 is 0 Å². The highest BCUT2D eigenvalue weighted by Gasteiger charge is 2.27. The molecule has 3 nitrogen and oxygen atoms in total. The van der Waals surface area contributed by atoms with Crippen LogP contribution in [0.15, 0.2) is 18.2 Å². The minimum absolute atomic E-state index is 0.102. The van der Waals surface area contributed by atoms with E-state index in [-0.39, 0.29) is 11.8 Å². The summed E-state index contributed by atoms with van der Waals surface area (Å²) in [6, 6.07) is 5.93. The van der Waals surface area contributed by atoms with Crippen LogP contribution in [0.25, 0.3) is 0 Å². The fourth-order valence-corrected chi connectivity index (χ4v) is 2.92. The van der Waals surface area contributed by atoms with Gasteiger partial charge in [-0.05, 0) is 38.3 Å². The Hall–Kier alpha value is -1.64. The van der Waals surface area contributed by atoms with Gasteiger partial charge in [0.1, 0.15) is 5.78 Å². The van der Waals surface area contributed by atoms with Gasteiger partial charge in [-0.2, -0.15) is 0 Å². The molecule has 2 rings (SSSR count). The van der Waals surface area contributed by atoms with E-state index in [9.17, 15) is 9.59 Å². The van der Waals surface area contributed by atoms with Crippen molar-refractivity contribution in [2.75, 3.05) is 13.1 Å². The van der Waals surface area contributed by atoms with Gasteiger partial charge >= 0.3 is 0 Å². The molecule has 1 aliphatic heterocycles. The second-order valence-electron chi connectivity index (χ2n) is 5.70. The van der Waals surface area contributed by atoms with Crippen LogP contribution in [0, 0.1) is 19.8 Å². The summed E-state index contributed by atoms with van der Waals surface area (Å²) in [5.74, 6) is 0.594. The first-order valence-corrected chi connectivity index (χ1v) is 7.42. The number of carbonyl (C=O) groups excluding carboxylic acids is 2. The lowest BCUT2D eigenvalue weighted by Crippen LogP contribution is -2.40. The van der Waals surface area contributed by atoms with E-state index in [1.165, 1.54) is 5.56 Å². The van der Waals surface area contributed by atoms with Gasteiger partial charge in [0.15, 0.2) is 0 Å². The molecule has 108 valence electrons. The first-order chi connectivity index (χ1) is 9.52. The van der Waals surface area contributed by atoms with Crippen molar-refractivity contribution in [3.8, 4) is 0 Å². The van der Waals surface area contributed by atoms with Gasteiger partial charge < -0.3 is 4.90 Å². The summed E-state index contributed by atoms with van der Waals surface area (Å²) in [7, 11) is 0. The van der Waals surface area contributed by atoms with Crippen LogP contribution in [0.4, 0.5) is 0 Å². The third-order valence-electron chi connectivity index (χ3n) is 4.20. The van der Waals surface area contributed by atoms with E-state index in [1.54, 1.807) is 0 Å². The molecule has 1 aromatic carbocycles. The number of Topliss-reactive ketones (excluding diaryl/α,β-unsaturated/α-hetero) is 1. The van der Waals surface area contributed by atoms with Crippen molar-refractivity contribution < 1.29 is 9.59 Å². The number of aryl methyl sites for hydroxylation is 2. The Morgan fingerprint density at radius 1 is 1.20 bits per heavy atom. The lowest BCUT2D eigenvalue weighted by atomic mass is 9.91. The van der Waals surface area contributed by atoms with Crippen molar-refractivity contribution in [3.63, 3.8) is 0 Å². The number of hydrogen-bond donors (Lipinski definition) is 0. The van der Waals surface area contributed by atoms with E-state index in [4.69, 9.17) is 0 Å². The molecule has 1 aliphatic rings. The quantitative estimate of drug-likeness (QED) is 0.848. The molecule has 1 heterocycles. The largest absolute Gasteiger partial charge is 0.339 e. The molecular formula is C17H23NO2. The van der Waals surface area contributed by atoms with E-state index in [0.29, 0.717) is 25.3 Å². The SMILES string of the molecule is CCC(=O)C1CCN(C(=O)c2ccc(C)cc2C)CC1. The third-order valence-corrected chi connectivity index (χ3v) is 4.20. The molecule has 0 unspecified atom stereocenters. The summed E-state index contributed by atoms with van der Waals surface area (Å²) < 4.78 is 0. The second kappa shape index (κ2) is 6.21. The Balaban J connectivity index is 2.03. The van der Waals surface area contributed by atoms with Gasteiger partial charge in [0.25, 0.3) is 5.91 Å². The van der Waals surface area contributed by atoms with Gasteiger partial charge in [0.05, 0.1) is 0 Å². The average molecular weight is 273 g/mol. The molecule has 1 fully saturated rings. The zero-order valence-corrected chi connectivity index (χ0v) is 12.6. The van der Waals surface area contributed by atoms with Crippen LogP contribution in [0.2, 0.25) is 0 Å². The summed E-state index contributed by atoms with van der Waals surface area (Å²) in [5.41, 5.74) is 2.99. The first-order valence-electron chi connectivity index (χ1n) is 7.42. The Morgan fingerprint density at radius 2 is 1.85 bits per heavy atom. The number of amides is 1. The fourth-order valence-electron chi connectivity index (χ4n) is 2.92. The molecule has 20 heavy (non-hydrogen) atoms. The molecule has 0 bridgehead atoms. The van der Waals surface area contributed by atoms with E-state index in [0.717, 1.165) is 24.0 Å². The predicted molar refractivity (Wildman–Crippen MR) is 79.8 cm³/mol. The Kier molecular flexibility index (Phi) is 4.58. The number of hydrogen-bond acceptors (Lipinski definition) is 2. The van der Waals surface area contributed by atoms with Gasteiger partial charge in [0.2, 0.25) is 0 Å². The van der Waals surface area contributed by atoms with Crippen LogP contribution in [0.1, 0.15) is 47.7 Å². The second-order valence-corrected chi connectivity index (χ2v) is 5.70. The maximum Gasteiger partial charge on any atom is 0.254 e. The molecule has 0 radical (unpaired) electrons. The van der Waals surface area contributed by atoms with Gasteiger partial charge in [-0.3, -0.25) is 9.59 Å². The summed E-state index contributed by atoms with van der Waals surface area (Å²) in [6.07, 6.45) is 2.22. The van der Waals surface area contributed by atoms with Crippen LogP contribution >= 0.6 is 0 Å². The maximum absolute atomic E-state index is 12.5. The minimum Gasteiger partial charge on any atom is -0.339 e. The van der Waals surface area contributed by atoms with Crippen molar-refractivity contribution in [2.45, 2.75) is 40.0 Å². The highest BCUT2D eigenvalue weighted by Crippen LogP contribution is 2.22. The minimum atomic E-state index is 0.102. The number of rotatable bonds is 3. The lowest BCUT2D eigenvalue weighted by molar-refractivity contribution is -0.123. The normalized spacial score (nSPS) is 16.2. The molecule has 0 aromatic heterocycles. The van der Waals surface area contributed by atoms with Crippen molar-refractivity contribution >= 4 is 11.7 Å². The zero-order valence-electron chi connectivity index (χ0n) is 12.6. The van der Waals surface area contributed by atoms with E-state index in [1.807, 2.05) is 43.9 Å². The molecule has 1 amide bonds. The molecule has 0 atom stereocenters. The Bertz CT molecular complexity index is 514. The molecule has 0 aliphatic carbocycles. The van der Waals surface area contributed by atoms with E-state index in [2.05, 4.69) is 0 Å². The zero-order chi connectivity index (χ0) is 14.7. The van der Waals surface area contributed by atoms with E-state index < -0.39 is 0 Å². The summed E-state index contributed by atoms with van der Waals surface area (Å²) in [6.45, 7) is 7.32. The topological polar surface area (TPSA) is 37.4 Å². The van der Waals surface area contributed by atoms with Crippen LogP contribution in [-0.2, 0) is 4.79 Å². The number of nitrogens with zero attached hydrogens (tertiary/aromatic N) is 1. The molecule has 1 aromatic rings. The van der Waals surface area contributed by atoms with Crippen LogP contribution in [-0.4, -0.2) is 29.7 Å². The third kappa shape index (κ3) is 3.09. The van der Waals surface area contributed by atoms with Crippen LogP contribution in [0.3, 0.4) is 0 Å². The number of benzene rings is 1. The summed E-state index contributed by atoms with van der Waals surface area (Å²) >= 11 is 0. The van der Waals surface area contributed by atoms with Crippen LogP contribution in [0.5, 0.6) is 0 Å². The van der Waals surface area contributed by atoms with Crippen molar-refractivity contribution in [1.82, 2.24) is 4.90 Å². The number of likely N-dealkylation sites (tertiary alicyclic amines) is 1. The van der Waals surface area contributed by atoms with Gasteiger partial charge in [0, 0.05) is 31.0 Å². The van der Waals surface area contributed by atoms with Crippen molar-refractivity contribution in [3.05, 3.63) is 34.9 Å². The highest BCUT2D eigenvalue weighted by molar-refractivity contribution is 5.96. The number of ketones is 1. The first kappa shape index (κ1) is 14.8. The fraction of sp³-hybridized carbons (Fsp3) is 0.529. The molecule has 3 heteroatoms. The molecular weight excluding hydrogens is 250 g/mol. The molecule has 0 saturated carbocycles. The predicted octanol–water partition coefficient (Wildman–Crippen LogP) is 3.13. The summed E-state index contributed by atoms with van der Waals surface area (Å²) in [4.78, 5) is 26.1. The molecule has 1 saturated heterocycles. The standard InChI is InChI=1S/C17H23NO2/c1-4-16(19)14-7-9-18(10-8-14)17(20)15-6-5-12(2)11-13(15)3/h5-6,11,14H,4,7-10H2,1-3H3. The average Bonchev–Trinajstić information content (AvgIpc) is 2.46. The van der Waals surface area contributed by atoms with Gasteiger partial charge in [-0.15, -0.1) is 0 Å². The number of carbonyl (C=O) groups is 2. The maximum atomic E-state index is 12.5. The molecule has 0 N–H and O–H groups in total. The number of piperidine rings is 1. The van der Waals surface area contributed by atoms with Crippen LogP contribution < -0.4 is 0 Å². The lowest BCUT2D eigenvalue weighted by Gasteiger charge is -2.31. The molecule has 0 spiro atoms. The van der Waals surface area contributed by atoms with Gasteiger partial charge in [-0.1, -0.05) is 24.6 Å². The summed E-state index contributed by atoms with van der Waals surface area (Å²) in [5, 5.41) is 0. The monoisotopic (exact) mass is 273 g/mol. The Labute approximate surface area is 121 Å². The smallest absolute Gasteiger partial charge is 0.254 e. The Morgan fingerprint density at radius 3 is 2.40 bits per heavy atom. The highest BCUT2D eigenvalue weighted by atomic mass is 16.2. The van der Waals surface area contributed by atoms with Gasteiger partial charge in [-0.25, -0.2) is 0 Å². The van der Waals surface area contributed by atoms with Crippen molar-refractivity contribution in [2.24, 2.45) is 5.92 Å². The van der Waals surface area contributed by atoms with Crippen molar-refractivity contribution in [1.29, 1.82) is 0 Å².